The molecule has 4 heteroatoms. The van der Waals surface area contributed by atoms with Crippen molar-refractivity contribution >= 4 is 34.1 Å². The molecule has 0 aliphatic carbocycles. The largest absolute Gasteiger partial charge is 0.506 e. The molecular formula is C10H7Cl2NO. The van der Waals surface area contributed by atoms with Crippen LogP contribution in [0.5, 0.6) is 5.75 Å². The van der Waals surface area contributed by atoms with Gasteiger partial charge in [0.15, 0.2) is 0 Å². The molecule has 1 heterocycles. The SMILES string of the molecule is Cc1cc(Cl)c2ncc(O)cc2c1Cl. The number of aromatic hydroxyl groups is 1. The summed E-state index contributed by atoms with van der Waals surface area (Å²) in [5.41, 5.74) is 1.48. The number of hydrogen-bond acceptors (Lipinski definition) is 2. The number of nitrogens with zero attached hydrogens (tertiary/aromatic N) is 1. The molecule has 0 bridgehead atoms. The molecule has 0 unspecified atom stereocenters. The van der Waals surface area contributed by atoms with Crippen molar-refractivity contribution in [2.75, 3.05) is 0 Å². The topological polar surface area (TPSA) is 33.1 Å². The number of halogens is 2. The Hall–Kier alpha value is -0.990. The van der Waals surface area contributed by atoms with E-state index >= 15 is 0 Å². The minimum Gasteiger partial charge on any atom is -0.506 e. The van der Waals surface area contributed by atoms with Gasteiger partial charge in [-0.25, -0.2) is 0 Å². The molecule has 0 aliphatic rings. The van der Waals surface area contributed by atoms with Gasteiger partial charge in [0.1, 0.15) is 5.75 Å². The number of hydrogen-bond donors (Lipinski definition) is 1. The summed E-state index contributed by atoms with van der Waals surface area (Å²) in [6, 6.07) is 3.32. The number of pyridine rings is 1. The van der Waals surface area contributed by atoms with Crippen molar-refractivity contribution in [3.05, 3.63) is 33.9 Å². The molecule has 2 nitrogen and oxygen atoms in total. The Balaban J connectivity index is 2.95. The van der Waals surface area contributed by atoms with E-state index < -0.39 is 0 Å². The fourth-order valence-corrected chi connectivity index (χ4v) is 1.86. The van der Waals surface area contributed by atoms with Crippen molar-refractivity contribution in [2.45, 2.75) is 6.92 Å². The molecule has 0 fully saturated rings. The molecule has 0 saturated carbocycles. The molecule has 1 aromatic heterocycles. The van der Waals surface area contributed by atoms with Crippen LogP contribution in [0.15, 0.2) is 18.3 Å². The maximum Gasteiger partial charge on any atom is 0.134 e. The predicted molar refractivity (Wildman–Crippen MR) is 58.2 cm³/mol. The third kappa shape index (κ3) is 1.41. The van der Waals surface area contributed by atoms with E-state index in [0.29, 0.717) is 20.9 Å². The van der Waals surface area contributed by atoms with E-state index in [0.717, 1.165) is 5.56 Å². The van der Waals surface area contributed by atoms with Gasteiger partial charge in [-0.3, -0.25) is 4.98 Å². The van der Waals surface area contributed by atoms with Crippen molar-refractivity contribution in [2.24, 2.45) is 0 Å². The molecule has 0 saturated heterocycles. The molecule has 72 valence electrons. The second-order valence-electron chi connectivity index (χ2n) is 3.08. The standard InChI is InChI=1S/C10H7Cl2NO/c1-5-2-8(11)10-7(9(5)12)3-6(14)4-13-10/h2-4,14H,1H3. The van der Waals surface area contributed by atoms with Gasteiger partial charge in [0.2, 0.25) is 0 Å². The molecule has 0 atom stereocenters. The minimum absolute atomic E-state index is 0.0843. The zero-order valence-electron chi connectivity index (χ0n) is 7.38. The van der Waals surface area contributed by atoms with Gasteiger partial charge in [-0.15, -0.1) is 0 Å². The van der Waals surface area contributed by atoms with Gasteiger partial charge in [-0.05, 0) is 24.6 Å². The predicted octanol–water partition coefficient (Wildman–Crippen LogP) is 3.56. The number of benzene rings is 1. The van der Waals surface area contributed by atoms with Crippen LogP contribution in [-0.2, 0) is 0 Å². The van der Waals surface area contributed by atoms with Crippen LogP contribution in [-0.4, -0.2) is 10.1 Å². The Morgan fingerprint density at radius 1 is 1.29 bits per heavy atom. The van der Waals surface area contributed by atoms with Crippen molar-refractivity contribution in [1.82, 2.24) is 4.98 Å². The third-order valence-electron chi connectivity index (χ3n) is 2.03. The summed E-state index contributed by atoms with van der Waals surface area (Å²) in [7, 11) is 0. The first kappa shape index (κ1) is 9.56. The molecule has 0 radical (unpaired) electrons. The molecule has 2 aromatic rings. The number of aromatic nitrogens is 1. The van der Waals surface area contributed by atoms with Gasteiger partial charge in [-0.2, -0.15) is 0 Å². The van der Waals surface area contributed by atoms with Gasteiger partial charge in [0, 0.05) is 5.39 Å². The second kappa shape index (κ2) is 3.30. The average molecular weight is 228 g/mol. The highest BCUT2D eigenvalue weighted by Crippen LogP contribution is 2.32. The second-order valence-corrected chi connectivity index (χ2v) is 3.86. The molecule has 0 spiro atoms. The smallest absolute Gasteiger partial charge is 0.134 e. The molecule has 1 aromatic carbocycles. The van der Waals surface area contributed by atoms with Crippen LogP contribution in [0.1, 0.15) is 5.56 Å². The fraction of sp³-hybridized carbons (Fsp3) is 0.100. The Kier molecular flexibility index (Phi) is 2.25. The summed E-state index contributed by atoms with van der Waals surface area (Å²) in [4.78, 5) is 4.02. The van der Waals surface area contributed by atoms with Gasteiger partial charge in [0.25, 0.3) is 0 Å². The van der Waals surface area contributed by atoms with Gasteiger partial charge < -0.3 is 5.11 Å². The molecule has 0 aliphatic heterocycles. The van der Waals surface area contributed by atoms with E-state index in [1.165, 1.54) is 6.20 Å². The summed E-state index contributed by atoms with van der Waals surface area (Å²) in [6.45, 7) is 1.86. The minimum atomic E-state index is 0.0843. The Bertz CT molecular complexity index is 511. The summed E-state index contributed by atoms with van der Waals surface area (Å²) in [6.07, 6.45) is 1.35. The van der Waals surface area contributed by atoms with Crippen LogP contribution in [0, 0.1) is 6.92 Å². The number of rotatable bonds is 0. The van der Waals surface area contributed by atoms with E-state index in [-0.39, 0.29) is 5.75 Å². The molecule has 14 heavy (non-hydrogen) atoms. The first-order valence-electron chi connectivity index (χ1n) is 4.03. The third-order valence-corrected chi connectivity index (χ3v) is 2.82. The Morgan fingerprint density at radius 3 is 2.71 bits per heavy atom. The van der Waals surface area contributed by atoms with E-state index in [9.17, 15) is 5.11 Å². The zero-order chi connectivity index (χ0) is 10.3. The summed E-state index contributed by atoms with van der Waals surface area (Å²) >= 11 is 12.0. The van der Waals surface area contributed by atoms with Crippen molar-refractivity contribution < 1.29 is 5.11 Å². The van der Waals surface area contributed by atoms with E-state index in [1.807, 2.05) is 6.92 Å². The maximum atomic E-state index is 9.27. The maximum absolute atomic E-state index is 9.27. The van der Waals surface area contributed by atoms with E-state index in [4.69, 9.17) is 23.2 Å². The Labute approximate surface area is 91.1 Å². The summed E-state index contributed by atoms with van der Waals surface area (Å²) in [5, 5.41) is 11.1. The molecular weight excluding hydrogens is 221 g/mol. The quantitative estimate of drug-likeness (QED) is 0.747. The fourth-order valence-electron chi connectivity index (χ4n) is 1.35. The van der Waals surface area contributed by atoms with Crippen LogP contribution < -0.4 is 0 Å². The van der Waals surface area contributed by atoms with Crippen molar-refractivity contribution in [3.63, 3.8) is 0 Å². The summed E-state index contributed by atoms with van der Waals surface area (Å²) < 4.78 is 0. The monoisotopic (exact) mass is 227 g/mol. The highest BCUT2D eigenvalue weighted by atomic mass is 35.5. The van der Waals surface area contributed by atoms with Crippen LogP contribution in [0.4, 0.5) is 0 Å². The van der Waals surface area contributed by atoms with Crippen LogP contribution in [0.2, 0.25) is 10.0 Å². The highest BCUT2D eigenvalue weighted by molar-refractivity contribution is 6.40. The summed E-state index contributed by atoms with van der Waals surface area (Å²) in [5.74, 6) is 0.0843. The van der Waals surface area contributed by atoms with Gasteiger partial charge >= 0.3 is 0 Å². The molecule has 1 N–H and O–H groups in total. The van der Waals surface area contributed by atoms with Gasteiger partial charge in [-0.1, -0.05) is 23.2 Å². The Morgan fingerprint density at radius 2 is 2.00 bits per heavy atom. The number of aryl methyl sites for hydroxylation is 1. The lowest BCUT2D eigenvalue weighted by Crippen LogP contribution is -1.84. The van der Waals surface area contributed by atoms with Crippen LogP contribution in [0.3, 0.4) is 0 Å². The average Bonchev–Trinajstić information content (AvgIpc) is 2.14. The lowest BCUT2D eigenvalue weighted by Gasteiger charge is -2.05. The molecule has 0 amide bonds. The van der Waals surface area contributed by atoms with E-state index in [1.54, 1.807) is 12.1 Å². The number of fused-ring (bicyclic) bond motifs is 1. The first-order valence-corrected chi connectivity index (χ1v) is 4.78. The van der Waals surface area contributed by atoms with Crippen molar-refractivity contribution in [3.8, 4) is 5.75 Å². The first-order chi connectivity index (χ1) is 6.59. The molecule has 2 rings (SSSR count). The van der Waals surface area contributed by atoms with Crippen LogP contribution >= 0.6 is 23.2 Å². The highest BCUT2D eigenvalue weighted by Gasteiger charge is 2.08. The van der Waals surface area contributed by atoms with E-state index in [2.05, 4.69) is 4.98 Å². The van der Waals surface area contributed by atoms with Crippen LogP contribution in [0.25, 0.3) is 10.9 Å². The normalized spacial score (nSPS) is 10.8. The zero-order valence-corrected chi connectivity index (χ0v) is 8.89. The van der Waals surface area contributed by atoms with Crippen molar-refractivity contribution in [1.29, 1.82) is 0 Å². The lowest BCUT2D eigenvalue weighted by molar-refractivity contribution is 0.474. The van der Waals surface area contributed by atoms with Gasteiger partial charge in [0.05, 0.1) is 21.8 Å². The lowest BCUT2D eigenvalue weighted by atomic mass is 10.1.